The molecule has 0 aliphatic carbocycles. The second kappa shape index (κ2) is 8.49. The molecule has 0 amide bonds. The van der Waals surface area contributed by atoms with Gasteiger partial charge in [-0.1, -0.05) is 65.4 Å². The quantitative estimate of drug-likeness (QED) is 0.306. The number of thiazole rings is 2. The van der Waals surface area contributed by atoms with E-state index in [4.69, 9.17) is 9.72 Å². The Labute approximate surface area is 189 Å². The van der Waals surface area contributed by atoms with Crippen LogP contribution in [0.5, 0.6) is 5.75 Å². The Bertz CT molecular complexity index is 1320. The molecule has 2 heterocycles. The van der Waals surface area contributed by atoms with Gasteiger partial charge in [-0.05, 0) is 30.7 Å². The lowest BCUT2D eigenvalue weighted by molar-refractivity contribution is 0.415. The Morgan fingerprint density at radius 3 is 2.45 bits per heavy atom. The highest BCUT2D eigenvalue weighted by Gasteiger charge is 2.08. The SMILES string of the molecule is COc1ccc2nc(NCc3ccc(-c4nc(-c5ccc(C)cc5)cs4)cc3)sc2c1. The molecular formula is C25H21N3OS2. The largest absolute Gasteiger partial charge is 0.497 e. The van der Waals surface area contributed by atoms with E-state index in [1.807, 2.05) is 18.2 Å². The third kappa shape index (κ3) is 4.31. The van der Waals surface area contributed by atoms with Gasteiger partial charge in [-0.25, -0.2) is 9.97 Å². The van der Waals surface area contributed by atoms with E-state index in [-0.39, 0.29) is 0 Å². The minimum atomic E-state index is 0.726. The summed E-state index contributed by atoms with van der Waals surface area (Å²) in [6, 6.07) is 23.0. The fourth-order valence-corrected chi connectivity index (χ4v) is 5.04. The Balaban J connectivity index is 1.27. The first-order chi connectivity index (χ1) is 15.2. The van der Waals surface area contributed by atoms with Crippen LogP contribution in [0, 0.1) is 6.92 Å². The molecule has 0 bridgehead atoms. The standard InChI is InChI=1S/C25H21N3OS2/c1-16-3-7-18(8-4-16)22-15-30-24(27-22)19-9-5-17(6-10-19)14-26-25-28-21-12-11-20(29-2)13-23(21)31-25/h3-13,15H,14H2,1-2H3,(H,26,28). The molecule has 5 rings (SSSR count). The number of benzene rings is 3. The zero-order valence-electron chi connectivity index (χ0n) is 17.3. The van der Waals surface area contributed by atoms with E-state index in [0.29, 0.717) is 0 Å². The van der Waals surface area contributed by atoms with Crippen LogP contribution in [0.3, 0.4) is 0 Å². The predicted molar refractivity (Wildman–Crippen MR) is 131 cm³/mol. The van der Waals surface area contributed by atoms with Crippen molar-refractivity contribution < 1.29 is 4.74 Å². The maximum atomic E-state index is 5.29. The molecule has 5 aromatic rings. The molecule has 2 aromatic heterocycles. The molecule has 0 fully saturated rings. The summed E-state index contributed by atoms with van der Waals surface area (Å²) in [6.45, 7) is 2.82. The lowest BCUT2D eigenvalue weighted by Gasteiger charge is -2.04. The zero-order valence-corrected chi connectivity index (χ0v) is 18.9. The van der Waals surface area contributed by atoms with Gasteiger partial charge in [0.05, 0.1) is 23.0 Å². The minimum Gasteiger partial charge on any atom is -0.497 e. The molecule has 0 aliphatic heterocycles. The van der Waals surface area contributed by atoms with Crippen molar-refractivity contribution >= 4 is 38.0 Å². The molecule has 0 spiro atoms. The first-order valence-corrected chi connectivity index (χ1v) is 11.7. The Kier molecular flexibility index (Phi) is 5.40. The van der Waals surface area contributed by atoms with Crippen LogP contribution in [0.4, 0.5) is 5.13 Å². The number of rotatable bonds is 6. The average molecular weight is 444 g/mol. The van der Waals surface area contributed by atoms with E-state index in [9.17, 15) is 0 Å². The fraction of sp³-hybridized carbons (Fsp3) is 0.120. The highest BCUT2D eigenvalue weighted by atomic mass is 32.1. The lowest BCUT2D eigenvalue weighted by Crippen LogP contribution is -1.98. The number of anilines is 1. The van der Waals surface area contributed by atoms with Crippen LogP contribution in [-0.2, 0) is 6.54 Å². The first-order valence-electron chi connectivity index (χ1n) is 9.98. The molecule has 0 saturated heterocycles. The molecule has 4 nitrogen and oxygen atoms in total. The Morgan fingerprint density at radius 1 is 0.903 bits per heavy atom. The van der Waals surface area contributed by atoms with Crippen LogP contribution in [0.15, 0.2) is 72.1 Å². The number of ether oxygens (including phenoxy) is 1. The average Bonchev–Trinajstić information content (AvgIpc) is 3.45. The summed E-state index contributed by atoms with van der Waals surface area (Å²) in [5, 5.41) is 7.50. The van der Waals surface area contributed by atoms with Crippen molar-refractivity contribution in [3.8, 4) is 27.6 Å². The number of fused-ring (bicyclic) bond motifs is 1. The first kappa shape index (κ1) is 19.7. The van der Waals surface area contributed by atoms with E-state index < -0.39 is 0 Å². The summed E-state index contributed by atoms with van der Waals surface area (Å²) < 4.78 is 6.41. The van der Waals surface area contributed by atoms with Gasteiger partial charge in [-0.15, -0.1) is 11.3 Å². The summed E-state index contributed by atoms with van der Waals surface area (Å²) in [5.74, 6) is 0.853. The summed E-state index contributed by atoms with van der Waals surface area (Å²) >= 11 is 3.31. The van der Waals surface area contributed by atoms with E-state index in [1.165, 1.54) is 11.1 Å². The van der Waals surface area contributed by atoms with Crippen LogP contribution in [0.2, 0.25) is 0 Å². The number of hydrogen-bond donors (Lipinski definition) is 1. The molecule has 0 radical (unpaired) electrons. The van der Waals surface area contributed by atoms with Crippen LogP contribution < -0.4 is 10.1 Å². The molecule has 6 heteroatoms. The topological polar surface area (TPSA) is 47.0 Å². The van der Waals surface area contributed by atoms with Crippen LogP contribution in [0.1, 0.15) is 11.1 Å². The number of nitrogens with one attached hydrogen (secondary N) is 1. The van der Waals surface area contributed by atoms with Gasteiger partial charge in [-0.2, -0.15) is 0 Å². The molecule has 1 N–H and O–H groups in total. The van der Waals surface area contributed by atoms with E-state index >= 15 is 0 Å². The Morgan fingerprint density at radius 2 is 1.68 bits per heavy atom. The fourth-order valence-electron chi connectivity index (χ4n) is 3.31. The monoisotopic (exact) mass is 443 g/mol. The maximum Gasteiger partial charge on any atom is 0.184 e. The second-order valence-electron chi connectivity index (χ2n) is 7.31. The molecular weight excluding hydrogens is 422 g/mol. The van der Waals surface area contributed by atoms with Crippen molar-refractivity contribution in [3.63, 3.8) is 0 Å². The second-order valence-corrected chi connectivity index (χ2v) is 9.20. The van der Waals surface area contributed by atoms with Gasteiger partial charge >= 0.3 is 0 Å². The number of aryl methyl sites for hydroxylation is 1. The lowest BCUT2D eigenvalue weighted by atomic mass is 10.1. The number of nitrogens with zero attached hydrogens (tertiary/aromatic N) is 2. The molecule has 154 valence electrons. The highest BCUT2D eigenvalue weighted by molar-refractivity contribution is 7.22. The third-order valence-electron chi connectivity index (χ3n) is 5.09. The van der Waals surface area contributed by atoms with Crippen molar-refractivity contribution in [2.24, 2.45) is 0 Å². The van der Waals surface area contributed by atoms with Crippen molar-refractivity contribution in [1.29, 1.82) is 0 Å². The Hall–Kier alpha value is -3.22. The van der Waals surface area contributed by atoms with Crippen LogP contribution in [0.25, 0.3) is 32.0 Å². The molecule has 0 aliphatic rings. The van der Waals surface area contributed by atoms with E-state index in [2.05, 4.69) is 71.1 Å². The molecule has 0 unspecified atom stereocenters. The molecule has 31 heavy (non-hydrogen) atoms. The van der Waals surface area contributed by atoms with Gasteiger partial charge in [0.25, 0.3) is 0 Å². The number of aromatic nitrogens is 2. The number of methoxy groups -OCH3 is 1. The van der Waals surface area contributed by atoms with Gasteiger partial charge < -0.3 is 10.1 Å². The minimum absolute atomic E-state index is 0.726. The zero-order chi connectivity index (χ0) is 21.2. The molecule has 0 atom stereocenters. The van der Waals surface area contributed by atoms with Crippen molar-refractivity contribution in [1.82, 2.24) is 9.97 Å². The summed E-state index contributed by atoms with van der Waals surface area (Å²) in [5.41, 5.74) is 6.77. The normalized spacial score (nSPS) is 11.0. The molecule has 3 aromatic carbocycles. The van der Waals surface area contributed by atoms with Crippen molar-refractivity contribution in [3.05, 3.63) is 83.2 Å². The van der Waals surface area contributed by atoms with Gasteiger partial charge in [-0.3, -0.25) is 0 Å². The van der Waals surface area contributed by atoms with Crippen LogP contribution >= 0.6 is 22.7 Å². The molecule has 0 saturated carbocycles. The smallest absolute Gasteiger partial charge is 0.184 e. The maximum absolute atomic E-state index is 5.29. The van der Waals surface area contributed by atoms with Gasteiger partial charge in [0.15, 0.2) is 5.13 Å². The van der Waals surface area contributed by atoms with Crippen LogP contribution in [-0.4, -0.2) is 17.1 Å². The van der Waals surface area contributed by atoms with Gasteiger partial charge in [0, 0.05) is 23.1 Å². The van der Waals surface area contributed by atoms with E-state index in [0.717, 1.165) is 49.5 Å². The van der Waals surface area contributed by atoms with Gasteiger partial charge in [0.1, 0.15) is 10.8 Å². The van der Waals surface area contributed by atoms with Crippen molar-refractivity contribution in [2.45, 2.75) is 13.5 Å². The number of hydrogen-bond acceptors (Lipinski definition) is 6. The van der Waals surface area contributed by atoms with E-state index in [1.54, 1.807) is 29.8 Å². The summed E-state index contributed by atoms with van der Waals surface area (Å²) in [7, 11) is 1.68. The predicted octanol–water partition coefficient (Wildman–Crippen LogP) is 7.02. The highest BCUT2D eigenvalue weighted by Crippen LogP contribution is 2.31. The third-order valence-corrected chi connectivity index (χ3v) is 6.96. The van der Waals surface area contributed by atoms with Gasteiger partial charge in [0.2, 0.25) is 0 Å². The van der Waals surface area contributed by atoms with Crippen molar-refractivity contribution in [2.75, 3.05) is 12.4 Å². The summed E-state index contributed by atoms with van der Waals surface area (Å²) in [6.07, 6.45) is 0. The summed E-state index contributed by atoms with van der Waals surface area (Å²) in [4.78, 5) is 9.48.